The van der Waals surface area contributed by atoms with Crippen molar-refractivity contribution >= 4 is 15.9 Å². The number of piperidine rings is 1. The molecular formula is C15H21FN2O3S. The monoisotopic (exact) mass is 328 g/mol. The van der Waals surface area contributed by atoms with Crippen LogP contribution in [-0.2, 0) is 21.4 Å². The van der Waals surface area contributed by atoms with E-state index in [0.29, 0.717) is 24.9 Å². The number of sulfonamides is 1. The van der Waals surface area contributed by atoms with Crippen molar-refractivity contribution in [2.24, 2.45) is 5.92 Å². The summed E-state index contributed by atoms with van der Waals surface area (Å²) in [6.45, 7) is 2.38. The van der Waals surface area contributed by atoms with Crippen LogP contribution in [0.5, 0.6) is 0 Å². The Labute approximate surface area is 130 Å². The number of amides is 1. The fourth-order valence-electron chi connectivity index (χ4n) is 2.56. The van der Waals surface area contributed by atoms with Gasteiger partial charge in [-0.1, -0.05) is 18.2 Å². The molecule has 1 N–H and O–H groups in total. The molecule has 0 aliphatic carbocycles. The zero-order chi connectivity index (χ0) is 16.2. The lowest BCUT2D eigenvalue weighted by atomic mass is 9.98. The molecule has 0 radical (unpaired) electrons. The molecule has 1 saturated heterocycles. The van der Waals surface area contributed by atoms with E-state index >= 15 is 0 Å². The van der Waals surface area contributed by atoms with Crippen molar-refractivity contribution in [3.8, 4) is 0 Å². The Balaban J connectivity index is 1.94. The van der Waals surface area contributed by atoms with Gasteiger partial charge in [-0.15, -0.1) is 0 Å². The Kier molecular flexibility index (Phi) is 5.52. The topological polar surface area (TPSA) is 66.5 Å². The quantitative estimate of drug-likeness (QED) is 0.891. The minimum atomic E-state index is -3.27. The van der Waals surface area contributed by atoms with Crippen LogP contribution in [0.1, 0.15) is 25.3 Å². The van der Waals surface area contributed by atoms with Gasteiger partial charge in [-0.05, 0) is 25.8 Å². The Morgan fingerprint density at radius 2 is 2.14 bits per heavy atom. The third-order valence-electron chi connectivity index (χ3n) is 3.92. The van der Waals surface area contributed by atoms with E-state index in [9.17, 15) is 17.6 Å². The molecule has 1 aromatic rings. The van der Waals surface area contributed by atoms with Crippen LogP contribution in [0.2, 0.25) is 0 Å². The van der Waals surface area contributed by atoms with E-state index in [2.05, 4.69) is 5.32 Å². The molecule has 1 aromatic carbocycles. The zero-order valence-corrected chi connectivity index (χ0v) is 13.4. The minimum Gasteiger partial charge on any atom is -0.352 e. The molecule has 0 unspecified atom stereocenters. The third kappa shape index (κ3) is 4.04. The van der Waals surface area contributed by atoms with Gasteiger partial charge < -0.3 is 5.32 Å². The van der Waals surface area contributed by atoms with Crippen molar-refractivity contribution < 1.29 is 17.6 Å². The van der Waals surface area contributed by atoms with Crippen LogP contribution in [0.4, 0.5) is 4.39 Å². The predicted octanol–water partition coefficient (Wildman–Crippen LogP) is 1.50. The number of halogens is 1. The molecule has 1 fully saturated rings. The van der Waals surface area contributed by atoms with Crippen LogP contribution in [0.25, 0.3) is 0 Å². The highest BCUT2D eigenvalue weighted by Crippen LogP contribution is 2.20. The average molecular weight is 328 g/mol. The number of rotatable bonds is 5. The highest BCUT2D eigenvalue weighted by molar-refractivity contribution is 7.89. The van der Waals surface area contributed by atoms with Gasteiger partial charge in [0.15, 0.2) is 0 Å². The Bertz CT molecular complexity index is 633. The van der Waals surface area contributed by atoms with E-state index in [1.54, 1.807) is 25.1 Å². The number of nitrogens with zero attached hydrogens (tertiary/aromatic N) is 1. The van der Waals surface area contributed by atoms with Gasteiger partial charge in [0.1, 0.15) is 5.82 Å². The lowest BCUT2D eigenvalue weighted by Crippen LogP contribution is -2.45. The molecule has 5 nitrogen and oxygen atoms in total. The van der Waals surface area contributed by atoms with Gasteiger partial charge in [0.05, 0.1) is 11.7 Å². The number of carbonyl (C=O) groups excluding carboxylic acids is 1. The summed E-state index contributed by atoms with van der Waals surface area (Å²) < 4.78 is 38.7. The summed E-state index contributed by atoms with van der Waals surface area (Å²) in [7, 11) is -3.27. The first-order valence-electron chi connectivity index (χ1n) is 7.43. The number of benzene rings is 1. The molecule has 1 atom stereocenters. The number of carbonyl (C=O) groups is 1. The number of hydrogen-bond donors (Lipinski definition) is 1. The van der Waals surface area contributed by atoms with E-state index in [0.717, 1.165) is 0 Å². The zero-order valence-electron chi connectivity index (χ0n) is 12.6. The molecular weight excluding hydrogens is 307 g/mol. The molecule has 1 heterocycles. The van der Waals surface area contributed by atoms with Gasteiger partial charge in [-0.25, -0.2) is 17.1 Å². The van der Waals surface area contributed by atoms with Gasteiger partial charge in [0.25, 0.3) is 0 Å². The van der Waals surface area contributed by atoms with Crippen LogP contribution in [-0.4, -0.2) is 37.5 Å². The van der Waals surface area contributed by atoms with Crippen molar-refractivity contribution in [1.29, 1.82) is 0 Å². The maximum atomic E-state index is 13.5. The van der Waals surface area contributed by atoms with Gasteiger partial charge in [-0.3, -0.25) is 4.79 Å². The molecule has 122 valence electrons. The van der Waals surface area contributed by atoms with Crippen LogP contribution in [0, 0.1) is 11.7 Å². The first-order valence-corrected chi connectivity index (χ1v) is 9.04. The lowest BCUT2D eigenvalue weighted by Gasteiger charge is -2.30. The summed E-state index contributed by atoms with van der Waals surface area (Å²) >= 11 is 0. The van der Waals surface area contributed by atoms with Crippen molar-refractivity contribution in [2.45, 2.75) is 26.3 Å². The Morgan fingerprint density at radius 3 is 2.82 bits per heavy atom. The third-order valence-corrected chi connectivity index (χ3v) is 5.77. The van der Waals surface area contributed by atoms with Crippen molar-refractivity contribution in [3.05, 3.63) is 35.6 Å². The summed E-state index contributed by atoms with van der Waals surface area (Å²) in [5, 5.41) is 2.70. The Morgan fingerprint density at radius 1 is 1.41 bits per heavy atom. The summed E-state index contributed by atoms with van der Waals surface area (Å²) in [6, 6.07) is 6.26. The first kappa shape index (κ1) is 16.9. The first-order chi connectivity index (χ1) is 10.4. The highest BCUT2D eigenvalue weighted by atomic mass is 32.2. The molecule has 1 aliphatic rings. The van der Waals surface area contributed by atoms with Gasteiger partial charge in [0, 0.05) is 25.2 Å². The molecule has 1 aliphatic heterocycles. The highest BCUT2D eigenvalue weighted by Gasteiger charge is 2.31. The van der Waals surface area contributed by atoms with E-state index in [1.165, 1.54) is 10.4 Å². The molecule has 0 saturated carbocycles. The lowest BCUT2D eigenvalue weighted by molar-refractivity contribution is -0.126. The summed E-state index contributed by atoms with van der Waals surface area (Å²) in [5.41, 5.74) is 0.421. The Hall–Kier alpha value is -1.47. The average Bonchev–Trinajstić information content (AvgIpc) is 2.54. The van der Waals surface area contributed by atoms with Crippen LogP contribution in [0.3, 0.4) is 0 Å². The molecule has 22 heavy (non-hydrogen) atoms. The van der Waals surface area contributed by atoms with Crippen LogP contribution in [0.15, 0.2) is 24.3 Å². The fraction of sp³-hybridized carbons (Fsp3) is 0.533. The molecule has 7 heteroatoms. The van der Waals surface area contributed by atoms with Crippen LogP contribution >= 0.6 is 0 Å². The number of nitrogens with one attached hydrogen (secondary N) is 1. The second kappa shape index (κ2) is 7.19. The number of hydrogen-bond acceptors (Lipinski definition) is 3. The largest absolute Gasteiger partial charge is 0.352 e. The molecule has 0 spiro atoms. The van der Waals surface area contributed by atoms with E-state index in [-0.39, 0.29) is 36.5 Å². The van der Waals surface area contributed by atoms with E-state index in [4.69, 9.17) is 0 Å². The predicted molar refractivity (Wildman–Crippen MR) is 82.0 cm³/mol. The van der Waals surface area contributed by atoms with Gasteiger partial charge in [0.2, 0.25) is 15.9 Å². The molecule has 0 bridgehead atoms. The van der Waals surface area contributed by atoms with Crippen molar-refractivity contribution in [3.63, 3.8) is 0 Å². The van der Waals surface area contributed by atoms with E-state index in [1.807, 2.05) is 0 Å². The fourth-order valence-corrected chi connectivity index (χ4v) is 3.74. The maximum Gasteiger partial charge on any atom is 0.224 e. The van der Waals surface area contributed by atoms with Gasteiger partial charge in [-0.2, -0.15) is 0 Å². The summed E-state index contributed by atoms with van der Waals surface area (Å²) in [4.78, 5) is 12.2. The molecule has 2 rings (SSSR count). The molecule has 1 amide bonds. The van der Waals surface area contributed by atoms with E-state index < -0.39 is 10.0 Å². The normalized spacial score (nSPS) is 19.8. The minimum absolute atomic E-state index is 0.0383. The second-order valence-corrected chi connectivity index (χ2v) is 7.66. The maximum absolute atomic E-state index is 13.5. The standard InChI is InChI=1S/C15H21FN2O3S/c1-2-22(20,21)18-9-5-7-13(11-18)15(19)17-10-12-6-3-4-8-14(12)16/h3-4,6,8,13H,2,5,7,9-11H2,1H3,(H,17,19)/t13-/m1/s1. The smallest absolute Gasteiger partial charge is 0.224 e. The van der Waals surface area contributed by atoms with Gasteiger partial charge >= 0.3 is 0 Å². The van der Waals surface area contributed by atoms with Crippen molar-refractivity contribution in [1.82, 2.24) is 9.62 Å². The molecule has 0 aromatic heterocycles. The van der Waals surface area contributed by atoms with Crippen LogP contribution < -0.4 is 5.32 Å². The second-order valence-electron chi connectivity index (χ2n) is 5.41. The SMILES string of the molecule is CCS(=O)(=O)N1CCC[C@@H](C(=O)NCc2ccccc2F)C1. The van der Waals surface area contributed by atoms with Crippen molar-refractivity contribution in [2.75, 3.05) is 18.8 Å². The summed E-state index contributed by atoms with van der Waals surface area (Å²) in [6.07, 6.45) is 1.32. The summed E-state index contributed by atoms with van der Waals surface area (Å²) in [5.74, 6) is -0.918.